The van der Waals surface area contributed by atoms with Gasteiger partial charge in [-0.25, -0.2) is 4.39 Å². The number of hydrogen-bond acceptors (Lipinski definition) is 3. The Labute approximate surface area is 117 Å². The standard InChI is InChI=1S/C16H15FN2O/c1-20-14-7-4-6-12(9-14)16(10-18)19-11-13-5-2-3-8-15(13)17/h2-9,16,19H,11H2,1H3. The van der Waals surface area contributed by atoms with Gasteiger partial charge in [0.1, 0.15) is 17.6 Å². The van der Waals surface area contributed by atoms with Gasteiger partial charge in [0.25, 0.3) is 0 Å². The lowest BCUT2D eigenvalue weighted by Crippen LogP contribution is -2.20. The summed E-state index contributed by atoms with van der Waals surface area (Å²) in [5.41, 5.74) is 1.33. The van der Waals surface area contributed by atoms with Crippen molar-refractivity contribution in [1.82, 2.24) is 5.32 Å². The molecule has 3 nitrogen and oxygen atoms in total. The molecule has 0 bridgehead atoms. The Morgan fingerprint density at radius 1 is 1.25 bits per heavy atom. The summed E-state index contributed by atoms with van der Waals surface area (Å²) in [5, 5.41) is 12.3. The first-order valence-corrected chi connectivity index (χ1v) is 6.25. The average Bonchev–Trinajstić information content (AvgIpc) is 2.50. The predicted molar refractivity (Wildman–Crippen MR) is 74.6 cm³/mol. The third-order valence-corrected chi connectivity index (χ3v) is 3.01. The molecule has 0 saturated heterocycles. The summed E-state index contributed by atoms with van der Waals surface area (Å²) < 4.78 is 18.7. The van der Waals surface area contributed by atoms with E-state index in [0.29, 0.717) is 17.9 Å². The molecular formula is C16H15FN2O. The molecule has 2 aromatic carbocycles. The molecule has 0 spiro atoms. The van der Waals surface area contributed by atoms with Crippen molar-refractivity contribution in [3.63, 3.8) is 0 Å². The summed E-state index contributed by atoms with van der Waals surface area (Å²) in [5.74, 6) is 0.415. The molecule has 4 heteroatoms. The smallest absolute Gasteiger partial charge is 0.127 e. The molecule has 2 rings (SSSR count). The first-order valence-electron chi connectivity index (χ1n) is 6.25. The van der Waals surface area contributed by atoms with E-state index in [1.807, 2.05) is 18.2 Å². The first kappa shape index (κ1) is 14.0. The highest BCUT2D eigenvalue weighted by atomic mass is 19.1. The topological polar surface area (TPSA) is 45.0 Å². The molecule has 20 heavy (non-hydrogen) atoms. The van der Waals surface area contributed by atoms with Crippen LogP contribution < -0.4 is 10.1 Å². The second-order valence-electron chi connectivity index (χ2n) is 4.31. The Hall–Kier alpha value is -2.38. The van der Waals surface area contributed by atoms with Crippen LogP contribution in [0.25, 0.3) is 0 Å². The van der Waals surface area contributed by atoms with Gasteiger partial charge < -0.3 is 4.74 Å². The van der Waals surface area contributed by atoms with E-state index < -0.39 is 6.04 Å². The maximum absolute atomic E-state index is 13.5. The van der Waals surface area contributed by atoms with E-state index in [-0.39, 0.29) is 5.82 Å². The second-order valence-corrected chi connectivity index (χ2v) is 4.31. The number of hydrogen-bond donors (Lipinski definition) is 1. The number of nitrogens with one attached hydrogen (secondary N) is 1. The molecule has 0 aliphatic rings. The van der Waals surface area contributed by atoms with Crippen molar-refractivity contribution in [2.24, 2.45) is 0 Å². The van der Waals surface area contributed by atoms with E-state index >= 15 is 0 Å². The van der Waals surface area contributed by atoms with Gasteiger partial charge in [-0.1, -0.05) is 30.3 Å². The monoisotopic (exact) mass is 270 g/mol. The van der Waals surface area contributed by atoms with Gasteiger partial charge >= 0.3 is 0 Å². The van der Waals surface area contributed by atoms with E-state index in [9.17, 15) is 9.65 Å². The van der Waals surface area contributed by atoms with E-state index in [0.717, 1.165) is 5.56 Å². The van der Waals surface area contributed by atoms with E-state index in [1.54, 1.807) is 31.4 Å². The van der Waals surface area contributed by atoms with Crippen molar-refractivity contribution in [2.45, 2.75) is 12.6 Å². The minimum atomic E-state index is -0.510. The number of rotatable bonds is 5. The number of ether oxygens (including phenoxy) is 1. The summed E-state index contributed by atoms with van der Waals surface area (Å²) >= 11 is 0. The summed E-state index contributed by atoms with van der Waals surface area (Å²) in [6.45, 7) is 0.294. The molecule has 0 fully saturated rings. The molecule has 1 N–H and O–H groups in total. The third-order valence-electron chi connectivity index (χ3n) is 3.01. The molecule has 0 aliphatic carbocycles. The van der Waals surface area contributed by atoms with Crippen LogP contribution in [0.4, 0.5) is 4.39 Å². The van der Waals surface area contributed by atoms with Crippen LogP contribution in [0.1, 0.15) is 17.2 Å². The Morgan fingerprint density at radius 2 is 2.05 bits per heavy atom. The number of benzene rings is 2. The Morgan fingerprint density at radius 3 is 2.75 bits per heavy atom. The minimum absolute atomic E-state index is 0.276. The maximum Gasteiger partial charge on any atom is 0.127 e. The minimum Gasteiger partial charge on any atom is -0.497 e. The molecule has 102 valence electrons. The molecule has 0 radical (unpaired) electrons. The molecule has 0 heterocycles. The van der Waals surface area contributed by atoms with Crippen molar-refractivity contribution in [3.05, 3.63) is 65.5 Å². The van der Waals surface area contributed by atoms with Crippen LogP contribution in [0.3, 0.4) is 0 Å². The van der Waals surface area contributed by atoms with E-state index in [4.69, 9.17) is 4.74 Å². The zero-order valence-corrected chi connectivity index (χ0v) is 11.1. The van der Waals surface area contributed by atoms with Crippen LogP contribution in [0.2, 0.25) is 0 Å². The van der Waals surface area contributed by atoms with Gasteiger partial charge in [-0.2, -0.15) is 5.26 Å². The fourth-order valence-electron chi connectivity index (χ4n) is 1.91. The van der Waals surface area contributed by atoms with Gasteiger partial charge in [0.2, 0.25) is 0 Å². The number of halogens is 1. The molecule has 0 aromatic heterocycles. The summed E-state index contributed by atoms with van der Waals surface area (Å²) in [7, 11) is 1.58. The largest absolute Gasteiger partial charge is 0.497 e. The van der Waals surface area contributed by atoms with Gasteiger partial charge in [-0.05, 0) is 23.8 Å². The Bertz CT molecular complexity index is 622. The van der Waals surface area contributed by atoms with Crippen molar-refractivity contribution < 1.29 is 9.13 Å². The average molecular weight is 270 g/mol. The van der Waals surface area contributed by atoms with Crippen LogP contribution in [0, 0.1) is 17.1 Å². The second kappa shape index (κ2) is 6.69. The molecule has 2 aromatic rings. The van der Waals surface area contributed by atoms with Crippen molar-refractivity contribution >= 4 is 0 Å². The first-order chi connectivity index (χ1) is 9.74. The predicted octanol–water partition coefficient (Wildman–Crippen LogP) is 3.19. The molecule has 0 amide bonds. The van der Waals surface area contributed by atoms with Crippen molar-refractivity contribution in [2.75, 3.05) is 7.11 Å². The summed E-state index contributed by atoms with van der Waals surface area (Å²) in [6.07, 6.45) is 0. The molecule has 0 aliphatic heterocycles. The fourth-order valence-corrected chi connectivity index (χ4v) is 1.91. The van der Waals surface area contributed by atoms with Gasteiger partial charge in [0.15, 0.2) is 0 Å². The molecular weight excluding hydrogens is 255 g/mol. The van der Waals surface area contributed by atoms with Gasteiger partial charge in [-0.3, -0.25) is 5.32 Å². The molecule has 0 saturated carbocycles. The Kier molecular flexibility index (Phi) is 4.70. The van der Waals surface area contributed by atoms with Gasteiger partial charge in [-0.15, -0.1) is 0 Å². The lowest BCUT2D eigenvalue weighted by Gasteiger charge is -2.13. The van der Waals surface area contributed by atoms with Crippen LogP contribution in [-0.2, 0) is 6.54 Å². The zero-order valence-electron chi connectivity index (χ0n) is 11.1. The molecule has 1 atom stereocenters. The highest BCUT2D eigenvalue weighted by Crippen LogP contribution is 2.19. The maximum atomic E-state index is 13.5. The third kappa shape index (κ3) is 3.34. The van der Waals surface area contributed by atoms with Gasteiger partial charge in [0, 0.05) is 12.1 Å². The van der Waals surface area contributed by atoms with E-state index in [2.05, 4.69) is 11.4 Å². The quantitative estimate of drug-likeness (QED) is 0.907. The summed E-state index contributed by atoms with van der Waals surface area (Å²) in [4.78, 5) is 0. The Balaban J connectivity index is 2.10. The number of nitriles is 1. The zero-order chi connectivity index (χ0) is 14.4. The van der Waals surface area contributed by atoms with Gasteiger partial charge in [0.05, 0.1) is 13.2 Å². The number of methoxy groups -OCH3 is 1. The highest BCUT2D eigenvalue weighted by molar-refractivity contribution is 5.33. The highest BCUT2D eigenvalue weighted by Gasteiger charge is 2.11. The van der Waals surface area contributed by atoms with Crippen molar-refractivity contribution in [1.29, 1.82) is 5.26 Å². The normalized spacial score (nSPS) is 11.7. The number of nitrogens with zero attached hydrogens (tertiary/aromatic N) is 1. The van der Waals surface area contributed by atoms with E-state index in [1.165, 1.54) is 6.07 Å². The summed E-state index contributed by atoms with van der Waals surface area (Å²) in [6, 6.07) is 15.4. The fraction of sp³-hybridized carbons (Fsp3) is 0.188. The lowest BCUT2D eigenvalue weighted by molar-refractivity contribution is 0.413. The lowest BCUT2D eigenvalue weighted by atomic mass is 10.1. The van der Waals surface area contributed by atoms with Crippen LogP contribution in [0.15, 0.2) is 48.5 Å². The van der Waals surface area contributed by atoms with Crippen LogP contribution in [-0.4, -0.2) is 7.11 Å². The molecule has 1 unspecified atom stereocenters. The van der Waals surface area contributed by atoms with Crippen molar-refractivity contribution in [3.8, 4) is 11.8 Å². The van der Waals surface area contributed by atoms with Crippen LogP contribution in [0.5, 0.6) is 5.75 Å². The SMILES string of the molecule is COc1cccc(C(C#N)NCc2ccccc2F)c1. The van der Waals surface area contributed by atoms with Crippen LogP contribution >= 0.6 is 0 Å².